The van der Waals surface area contributed by atoms with Gasteiger partial charge in [0.25, 0.3) is 0 Å². The molecule has 0 spiro atoms. The molecule has 10 aromatic heterocycles. The van der Waals surface area contributed by atoms with Crippen molar-refractivity contribution in [2.75, 3.05) is 23.8 Å². The van der Waals surface area contributed by atoms with Crippen molar-refractivity contribution in [3.8, 4) is 0 Å². The maximum Gasteiger partial charge on any atom is 0.358 e. The van der Waals surface area contributed by atoms with E-state index >= 15 is 0 Å². The van der Waals surface area contributed by atoms with Gasteiger partial charge in [-0.25, -0.2) is 39.5 Å². The maximum atomic E-state index is 13.1. The number of nitrogens with two attached hydrogens (primary N) is 1. The van der Waals surface area contributed by atoms with Crippen LogP contribution in [0.2, 0.25) is 5.28 Å². The van der Waals surface area contributed by atoms with Crippen molar-refractivity contribution in [3.63, 3.8) is 0 Å². The molecule has 0 aromatic carbocycles. The zero-order chi connectivity index (χ0) is 54.0. The number of carbonyl (C=O) groups excluding carboxylic acids is 3. The van der Waals surface area contributed by atoms with Gasteiger partial charge < -0.3 is 25.8 Å². The maximum absolute atomic E-state index is 13.1. The van der Waals surface area contributed by atoms with Crippen molar-refractivity contribution in [3.05, 3.63) is 177 Å². The minimum atomic E-state index is -0.464. The lowest BCUT2D eigenvalue weighted by Gasteiger charge is -2.14. The van der Waals surface area contributed by atoms with Crippen LogP contribution < -0.4 is 16.4 Å². The van der Waals surface area contributed by atoms with Crippen molar-refractivity contribution in [1.29, 1.82) is 0 Å². The Labute approximate surface area is 455 Å². The van der Waals surface area contributed by atoms with E-state index in [-0.39, 0.29) is 40.8 Å². The predicted octanol–water partition coefficient (Wildman–Crippen LogP) is 12.1. The SMILES string of the molecule is CCOC(=O)c1nc(Cl)nc2ccsc12.CCOC(=O)c1nc(N[C@@H](C)c2ccccn2)nc2ccsc12.C[C@H](CC(=O)c1nc(N[C@@H](C)c2ccccn2)nc2ccsc12)c1ccccn1.C[C@H](N)c1ccccn1. The molecule has 18 nitrogen and oxygen atoms in total. The fourth-order valence-electron chi connectivity index (χ4n) is 7.15. The van der Waals surface area contributed by atoms with E-state index in [0.29, 0.717) is 53.1 Å². The van der Waals surface area contributed by atoms with Gasteiger partial charge in [-0.05, 0) is 129 Å². The third kappa shape index (κ3) is 15.2. The number of aromatic nitrogens is 10. The molecule has 10 rings (SSSR count). The number of ketones is 1. The lowest BCUT2D eigenvalue weighted by atomic mass is 9.99. The molecule has 0 unspecified atom stereocenters. The average Bonchev–Trinajstić information content (AvgIpc) is 4.25. The number of thiophene rings is 3. The second-order valence-corrected chi connectivity index (χ2v) is 19.6. The second kappa shape index (κ2) is 27.6. The summed E-state index contributed by atoms with van der Waals surface area (Å²) >= 11 is 10.0. The van der Waals surface area contributed by atoms with E-state index in [1.54, 1.807) is 44.7 Å². The molecule has 0 bridgehead atoms. The average molecular weight is 1100 g/mol. The number of anilines is 2. The molecule has 0 saturated carbocycles. The fraction of sp³-hybridized carbons (Fsp3) is 0.241. The molecule has 10 heterocycles. The zero-order valence-electron chi connectivity index (χ0n) is 42.3. The van der Waals surface area contributed by atoms with E-state index in [0.717, 1.165) is 43.2 Å². The Hall–Kier alpha value is -7.82. The summed E-state index contributed by atoms with van der Waals surface area (Å²) in [6, 6.07) is 28.4. The summed E-state index contributed by atoms with van der Waals surface area (Å²) in [5, 5.41) is 12.2. The first kappa shape index (κ1) is 55.9. The normalized spacial score (nSPS) is 12.3. The number of rotatable bonds is 15. The number of esters is 2. The molecule has 4 N–H and O–H groups in total. The van der Waals surface area contributed by atoms with Crippen molar-refractivity contribution >= 4 is 106 Å². The summed E-state index contributed by atoms with van der Waals surface area (Å²) in [6.45, 7) is 12.0. The van der Waals surface area contributed by atoms with Gasteiger partial charge >= 0.3 is 11.9 Å². The monoisotopic (exact) mass is 1100 g/mol. The Morgan fingerprint density at radius 1 is 0.526 bits per heavy atom. The van der Waals surface area contributed by atoms with Crippen LogP contribution in [0.25, 0.3) is 30.6 Å². The van der Waals surface area contributed by atoms with Gasteiger partial charge in [0.2, 0.25) is 17.2 Å². The molecular formula is C54H54ClN13O5S3. The first-order valence-corrected chi connectivity index (χ1v) is 27.1. The Bertz CT molecular complexity index is 3460. The number of fused-ring (bicyclic) bond motifs is 3. The number of hydrogen-bond acceptors (Lipinski definition) is 21. The number of pyridine rings is 4. The predicted molar refractivity (Wildman–Crippen MR) is 300 cm³/mol. The standard InChI is InChI=1S/C22H21N5OS.C16H16N4O2S.C9H7ClN2O2S.C7H10N2/c1-14(16-7-3-5-10-23-16)13-19(28)20-21-18(9-12-29-21)26-22(27-20)25-15(2)17-8-4-6-11-24-17;1-3-22-15(21)13-14-12(7-9-23-14)19-16(20-13)18-10(2)11-6-4-5-8-17-11;1-2-14-8(13)6-7-5(3-4-15-7)11-9(10)12-6;1-6(8)7-4-2-3-5-9-7/h3-12,14-15H,13H2,1-2H3,(H,25,26,27);4-10H,3H2,1-2H3,(H,18,19,20);3-4H,2H2,1H3;2-6H,8H2,1H3/t14-,15+;10-;;6-/m10.0/s1. The number of nitrogens with one attached hydrogen (secondary N) is 2. The van der Waals surface area contributed by atoms with Gasteiger partial charge in [0.1, 0.15) is 5.69 Å². The van der Waals surface area contributed by atoms with Crippen molar-refractivity contribution < 1.29 is 23.9 Å². The molecule has 4 atom stereocenters. The number of nitrogens with zero attached hydrogens (tertiary/aromatic N) is 10. The van der Waals surface area contributed by atoms with Crippen molar-refractivity contribution in [1.82, 2.24) is 49.8 Å². The molecule has 0 radical (unpaired) electrons. The highest BCUT2D eigenvalue weighted by molar-refractivity contribution is 7.18. The van der Waals surface area contributed by atoms with Crippen molar-refractivity contribution in [2.45, 2.75) is 72.0 Å². The van der Waals surface area contributed by atoms with Gasteiger partial charge in [0, 0.05) is 48.9 Å². The van der Waals surface area contributed by atoms with Crippen LogP contribution in [-0.2, 0) is 9.47 Å². The summed E-state index contributed by atoms with van der Waals surface area (Å²) in [6.07, 6.45) is 7.33. The third-order valence-corrected chi connectivity index (χ3v) is 13.8. The van der Waals surface area contributed by atoms with Crippen molar-refractivity contribution in [2.24, 2.45) is 5.73 Å². The van der Waals surface area contributed by atoms with E-state index in [1.165, 1.54) is 34.0 Å². The number of hydrogen-bond donors (Lipinski definition) is 3. The molecule has 0 fully saturated rings. The van der Waals surface area contributed by atoms with Crippen LogP contribution in [-0.4, -0.2) is 80.8 Å². The highest BCUT2D eigenvalue weighted by Crippen LogP contribution is 2.29. The molecular weight excluding hydrogens is 1040 g/mol. The van der Waals surface area contributed by atoms with Crippen LogP contribution in [0, 0.1) is 0 Å². The van der Waals surface area contributed by atoms with Crippen LogP contribution in [0.3, 0.4) is 0 Å². The van der Waals surface area contributed by atoms with Crippen LogP contribution in [0.4, 0.5) is 11.9 Å². The Balaban J connectivity index is 0.000000159. The third-order valence-electron chi connectivity index (χ3n) is 10.9. The second-order valence-electron chi connectivity index (χ2n) is 16.5. The summed E-state index contributed by atoms with van der Waals surface area (Å²) in [5.74, 6) is -0.0748. The van der Waals surface area contributed by atoms with E-state index in [2.05, 4.69) is 60.5 Å². The van der Waals surface area contributed by atoms with Crippen LogP contribution in [0.5, 0.6) is 0 Å². The molecule has 10 aromatic rings. The van der Waals surface area contributed by atoms with Gasteiger partial charge in [-0.3, -0.25) is 24.7 Å². The first-order chi connectivity index (χ1) is 36.8. The number of halogens is 1. The quantitative estimate of drug-likeness (QED) is 0.0490. The highest BCUT2D eigenvalue weighted by Gasteiger charge is 2.22. The number of carbonyl (C=O) groups is 3. The molecule has 390 valence electrons. The fourth-order valence-corrected chi connectivity index (χ4v) is 9.78. The number of Topliss-reactive ketones (excluding diaryl/α,β-unsaturated/α-hetero) is 1. The zero-order valence-corrected chi connectivity index (χ0v) is 45.5. The summed E-state index contributed by atoms with van der Waals surface area (Å²) in [7, 11) is 0. The summed E-state index contributed by atoms with van der Waals surface area (Å²) in [4.78, 5) is 79.7. The molecule has 22 heteroatoms. The van der Waals surface area contributed by atoms with E-state index < -0.39 is 11.9 Å². The van der Waals surface area contributed by atoms with Crippen LogP contribution in [0.15, 0.2) is 132 Å². The van der Waals surface area contributed by atoms with Crippen LogP contribution in [0.1, 0.15) is 126 Å². The van der Waals surface area contributed by atoms with Crippen LogP contribution >= 0.6 is 45.6 Å². The van der Waals surface area contributed by atoms with Gasteiger partial charge in [-0.2, -0.15) is 0 Å². The molecule has 0 saturated heterocycles. The summed E-state index contributed by atoms with van der Waals surface area (Å²) in [5.41, 5.74) is 12.3. The molecule has 76 heavy (non-hydrogen) atoms. The molecule has 0 aliphatic carbocycles. The minimum Gasteiger partial charge on any atom is -0.461 e. The highest BCUT2D eigenvalue weighted by atomic mass is 35.5. The molecule has 0 aliphatic heterocycles. The lowest BCUT2D eigenvalue weighted by molar-refractivity contribution is 0.0513. The molecule has 0 amide bonds. The largest absolute Gasteiger partial charge is 0.461 e. The summed E-state index contributed by atoms with van der Waals surface area (Å²) < 4.78 is 12.2. The first-order valence-electron chi connectivity index (χ1n) is 24.0. The Morgan fingerprint density at radius 2 is 0.921 bits per heavy atom. The van der Waals surface area contributed by atoms with E-state index in [1.807, 2.05) is 129 Å². The van der Waals surface area contributed by atoms with Gasteiger partial charge in [-0.15, -0.1) is 34.0 Å². The van der Waals surface area contributed by atoms with Gasteiger partial charge in [0.05, 0.1) is 73.0 Å². The smallest absolute Gasteiger partial charge is 0.358 e. The molecule has 0 aliphatic rings. The van der Waals surface area contributed by atoms with E-state index in [4.69, 9.17) is 26.8 Å². The lowest BCUT2D eigenvalue weighted by Crippen LogP contribution is -2.14. The van der Waals surface area contributed by atoms with E-state index in [9.17, 15) is 14.4 Å². The van der Waals surface area contributed by atoms with Gasteiger partial charge in [-0.1, -0.05) is 31.2 Å². The minimum absolute atomic E-state index is 0.00783. The Morgan fingerprint density at radius 3 is 1.33 bits per heavy atom. The topological polar surface area (TPSA) is 249 Å². The Kier molecular flexibility index (Phi) is 20.3. The number of ether oxygens (including phenoxy) is 2. The van der Waals surface area contributed by atoms with Gasteiger partial charge in [0.15, 0.2) is 17.2 Å².